The number of alkyl carbamates (subject to hydrolysis) is 1. The van der Waals surface area contributed by atoms with Crippen molar-refractivity contribution < 1.29 is 24.2 Å². The molecule has 1 amide bonds. The first kappa shape index (κ1) is 26.7. The first-order valence-electron chi connectivity index (χ1n) is 11.4. The molecule has 6 nitrogen and oxygen atoms in total. The average molecular weight is 476 g/mol. The summed E-state index contributed by atoms with van der Waals surface area (Å²) < 4.78 is 10.4. The second kappa shape index (κ2) is 13.2. The molecule has 2 aromatic carbocycles. The van der Waals surface area contributed by atoms with E-state index in [9.17, 15) is 14.7 Å². The van der Waals surface area contributed by atoms with Gasteiger partial charge in [-0.3, -0.25) is 4.79 Å². The maximum Gasteiger partial charge on any atom is 0.407 e. The van der Waals surface area contributed by atoms with Crippen LogP contribution in [0, 0.1) is 5.41 Å². The van der Waals surface area contributed by atoms with Gasteiger partial charge in [0.1, 0.15) is 0 Å². The minimum absolute atomic E-state index is 0.241. The SMILES string of the molecule is CCCCOC(=O)NC(CCC(C)(CO)C(=O)OCC)c1ccc(-c2cccc(Cl)c2)cc1. The van der Waals surface area contributed by atoms with Crippen LogP contribution >= 0.6 is 11.6 Å². The molecule has 0 fully saturated rings. The van der Waals surface area contributed by atoms with E-state index in [0.717, 1.165) is 29.5 Å². The van der Waals surface area contributed by atoms with Gasteiger partial charge in [0, 0.05) is 5.02 Å². The fourth-order valence-corrected chi connectivity index (χ4v) is 3.60. The Morgan fingerprint density at radius 1 is 1.09 bits per heavy atom. The average Bonchev–Trinajstić information content (AvgIpc) is 2.82. The molecule has 0 saturated heterocycles. The molecule has 2 atom stereocenters. The highest BCUT2D eigenvalue weighted by Gasteiger charge is 2.35. The van der Waals surface area contributed by atoms with E-state index in [1.165, 1.54) is 0 Å². The second-order valence-electron chi connectivity index (χ2n) is 8.30. The summed E-state index contributed by atoms with van der Waals surface area (Å²) in [6.45, 7) is 5.67. The van der Waals surface area contributed by atoms with Crippen LogP contribution in [0.15, 0.2) is 48.5 Å². The number of hydrogen-bond donors (Lipinski definition) is 2. The first-order valence-corrected chi connectivity index (χ1v) is 11.8. The monoisotopic (exact) mass is 475 g/mol. The molecule has 7 heteroatoms. The van der Waals surface area contributed by atoms with Crippen molar-refractivity contribution in [2.75, 3.05) is 19.8 Å². The van der Waals surface area contributed by atoms with Crippen LogP contribution in [0.3, 0.4) is 0 Å². The number of carbonyl (C=O) groups excluding carboxylic acids is 2. The molecule has 2 rings (SSSR count). The van der Waals surface area contributed by atoms with Crippen molar-refractivity contribution in [3.8, 4) is 11.1 Å². The fourth-order valence-electron chi connectivity index (χ4n) is 3.41. The van der Waals surface area contributed by atoms with E-state index in [1.807, 2.05) is 55.5 Å². The summed E-state index contributed by atoms with van der Waals surface area (Å²) in [5.74, 6) is -0.451. The highest BCUT2D eigenvalue weighted by Crippen LogP contribution is 2.31. The Balaban J connectivity index is 2.20. The molecule has 0 aliphatic heterocycles. The van der Waals surface area contributed by atoms with E-state index >= 15 is 0 Å². The van der Waals surface area contributed by atoms with E-state index in [0.29, 0.717) is 24.5 Å². The molecular weight excluding hydrogens is 442 g/mol. The maximum atomic E-state index is 12.4. The van der Waals surface area contributed by atoms with E-state index in [4.69, 9.17) is 21.1 Å². The van der Waals surface area contributed by atoms with E-state index in [2.05, 4.69) is 5.32 Å². The van der Waals surface area contributed by atoms with Gasteiger partial charge >= 0.3 is 12.1 Å². The molecule has 33 heavy (non-hydrogen) atoms. The van der Waals surface area contributed by atoms with Gasteiger partial charge in [-0.1, -0.05) is 61.3 Å². The minimum atomic E-state index is -1.05. The molecule has 0 spiro atoms. The Labute approximate surface area is 201 Å². The number of benzene rings is 2. The summed E-state index contributed by atoms with van der Waals surface area (Å²) in [6.07, 6.45) is 1.97. The Morgan fingerprint density at radius 3 is 2.42 bits per heavy atom. The Bertz CT molecular complexity index is 902. The van der Waals surface area contributed by atoms with Gasteiger partial charge in [0.05, 0.1) is 31.3 Å². The quantitative estimate of drug-likeness (QED) is 0.294. The van der Waals surface area contributed by atoms with Crippen LogP contribution < -0.4 is 5.32 Å². The molecule has 180 valence electrons. The number of aliphatic hydroxyl groups is 1. The lowest BCUT2D eigenvalue weighted by molar-refractivity contribution is -0.157. The van der Waals surface area contributed by atoms with Gasteiger partial charge in [0.25, 0.3) is 0 Å². The van der Waals surface area contributed by atoms with E-state index in [1.54, 1.807) is 13.8 Å². The lowest BCUT2D eigenvalue weighted by Gasteiger charge is -2.27. The molecule has 0 saturated carbocycles. The first-order chi connectivity index (χ1) is 15.8. The molecule has 0 aromatic heterocycles. The number of rotatable bonds is 12. The largest absolute Gasteiger partial charge is 0.466 e. The molecule has 0 radical (unpaired) electrons. The third-order valence-electron chi connectivity index (χ3n) is 5.60. The standard InChI is InChI=1S/C26H34ClNO5/c1-4-6-16-33-25(31)28-23(14-15-26(3,18-29)24(30)32-5-2)20-12-10-19(11-13-20)21-8-7-9-22(27)17-21/h7-13,17,23,29H,4-6,14-16,18H2,1-3H3,(H,28,31). The highest BCUT2D eigenvalue weighted by atomic mass is 35.5. The van der Waals surface area contributed by atoms with Gasteiger partial charge in [0.2, 0.25) is 0 Å². The zero-order chi connectivity index (χ0) is 24.3. The lowest BCUT2D eigenvalue weighted by Crippen LogP contribution is -2.36. The van der Waals surface area contributed by atoms with E-state index < -0.39 is 23.5 Å². The fraction of sp³-hybridized carbons (Fsp3) is 0.462. The Kier molecular flexibility index (Phi) is 10.7. The van der Waals surface area contributed by atoms with E-state index in [-0.39, 0.29) is 13.2 Å². The third kappa shape index (κ3) is 8.06. The van der Waals surface area contributed by atoms with Crippen molar-refractivity contribution in [2.24, 2.45) is 5.41 Å². The predicted octanol–water partition coefficient (Wildman–Crippen LogP) is 5.92. The zero-order valence-electron chi connectivity index (χ0n) is 19.6. The molecule has 0 bridgehead atoms. The van der Waals surface area contributed by atoms with Gasteiger partial charge in [-0.05, 0) is 61.9 Å². The van der Waals surface area contributed by atoms with Crippen LogP contribution in [-0.4, -0.2) is 37.0 Å². The van der Waals surface area contributed by atoms with Crippen LogP contribution in [-0.2, 0) is 14.3 Å². The summed E-state index contributed by atoms with van der Waals surface area (Å²) >= 11 is 6.11. The number of carbonyl (C=O) groups is 2. The van der Waals surface area contributed by atoms with Gasteiger partial charge in [-0.2, -0.15) is 0 Å². The van der Waals surface area contributed by atoms with Crippen LogP contribution in [0.5, 0.6) is 0 Å². The maximum absolute atomic E-state index is 12.4. The summed E-state index contributed by atoms with van der Waals surface area (Å²) in [5, 5.41) is 13.4. The number of aliphatic hydroxyl groups excluding tert-OH is 1. The summed E-state index contributed by atoms with van der Waals surface area (Å²) in [4.78, 5) is 24.7. The predicted molar refractivity (Wildman–Crippen MR) is 130 cm³/mol. The topological polar surface area (TPSA) is 84.9 Å². The molecular formula is C26H34ClNO5. The molecule has 0 aliphatic carbocycles. The molecule has 0 aliphatic rings. The molecule has 2 unspecified atom stereocenters. The number of ether oxygens (including phenoxy) is 2. The number of nitrogens with one attached hydrogen (secondary N) is 1. The summed E-state index contributed by atoms with van der Waals surface area (Å²) in [7, 11) is 0. The number of amides is 1. The van der Waals surface area contributed by atoms with Gasteiger partial charge in [-0.25, -0.2) is 4.79 Å². The molecule has 2 aromatic rings. The van der Waals surface area contributed by atoms with Crippen molar-refractivity contribution in [1.82, 2.24) is 5.32 Å². The number of halogens is 1. The molecule has 2 N–H and O–H groups in total. The number of unbranched alkanes of at least 4 members (excludes halogenated alkanes) is 1. The van der Waals surface area contributed by atoms with Crippen molar-refractivity contribution in [3.05, 3.63) is 59.1 Å². The zero-order valence-corrected chi connectivity index (χ0v) is 20.4. The van der Waals surface area contributed by atoms with Crippen molar-refractivity contribution in [3.63, 3.8) is 0 Å². The van der Waals surface area contributed by atoms with Crippen molar-refractivity contribution in [1.29, 1.82) is 0 Å². The second-order valence-corrected chi connectivity index (χ2v) is 8.73. The smallest absolute Gasteiger partial charge is 0.407 e. The van der Waals surface area contributed by atoms with Gasteiger partial charge < -0.3 is 19.9 Å². The normalized spacial score (nSPS) is 13.6. The Morgan fingerprint density at radius 2 is 1.82 bits per heavy atom. The molecule has 0 heterocycles. The van der Waals surface area contributed by atoms with Crippen LogP contribution in [0.4, 0.5) is 4.79 Å². The summed E-state index contributed by atoms with van der Waals surface area (Å²) in [6, 6.07) is 15.0. The minimum Gasteiger partial charge on any atom is -0.466 e. The van der Waals surface area contributed by atoms with Gasteiger partial charge in [0.15, 0.2) is 0 Å². The van der Waals surface area contributed by atoms with Crippen LogP contribution in [0.2, 0.25) is 5.02 Å². The van der Waals surface area contributed by atoms with Crippen LogP contribution in [0.25, 0.3) is 11.1 Å². The highest BCUT2D eigenvalue weighted by molar-refractivity contribution is 6.30. The lowest BCUT2D eigenvalue weighted by atomic mass is 9.83. The third-order valence-corrected chi connectivity index (χ3v) is 5.83. The van der Waals surface area contributed by atoms with Crippen LogP contribution in [0.1, 0.15) is 58.1 Å². The van der Waals surface area contributed by atoms with Gasteiger partial charge in [-0.15, -0.1) is 0 Å². The van der Waals surface area contributed by atoms with Crippen molar-refractivity contribution in [2.45, 2.75) is 52.5 Å². The number of hydrogen-bond acceptors (Lipinski definition) is 5. The Hall–Kier alpha value is -2.57. The summed E-state index contributed by atoms with van der Waals surface area (Å²) in [5.41, 5.74) is 1.81. The van der Waals surface area contributed by atoms with Crippen molar-refractivity contribution >= 4 is 23.7 Å². The number of esters is 1.